The molecule has 0 spiro atoms. The van der Waals surface area contributed by atoms with Gasteiger partial charge in [-0.3, -0.25) is 9.18 Å². The Bertz CT molecular complexity index is 316. The number of hydrogen-bond acceptors (Lipinski definition) is 2. The summed E-state index contributed by atoms with van der Waals surface area (Å²) in [6.45, 7) is 0.654. The quantitative estimate of drug-likeness (QED) is 0.705. The standard InChI is InChI=1S/C13H18FNO2/c14-8-4-5-9-15-13(16)11-17-10-12-6-2-1-3-7-12/h1-3,6-7H,4-5,8-11H2,(H,15,16). The third-order valence-corrected chi connectivity index (χ3v) is 2.23. The molecule has 0 fully saturated rings. The highest BCUT2D eigenvalue weighted by molar-refractivity contribution is 5.77. The van der Waals surface area contributed by atoms with E-state index in [0.29, 0.717) is 26.0 Å². The van der Waals surface area contributed by atoms with Crippen LogP contribution in [-0.2, 0) is 16.1 Å². The van der Waals surface area contributed by atoms with Crippen molar-refractivity contribution >= 4 is 5.91 Å². The maximum atomic E-state index is 11.8. The average Bonchev–Trinajstić information content (AvgIpc) is 2.36. The van der Waals surface area contributed by atoms with Crippen molar-refractivity contribution in [2.75, 3.05) is 19.8 Å². The van der Waals surface area contributed by atoms with E-state index in [4.69, 9.17) is 4.74 Å². The molecular formula is C13H18FNO2. The lowest BCUT2D eigenvalue weighted by Gasteiger charge is -2.05. The molecule has 1 aromatic rings. The number of carbonyl (C=O) groups excluding carboxylic acids is 1. The van der Waals surface area contributed by atoms with Crippen LogP contribution in [0.3, 0.4) is 0 Å². The second kappa shape index (κ2) is 8.70. The van der Waals surface area contributed by atoms with Gasteiger partial charge in [0.2, 0.25) is 5.91 Å². The Morgan fingerprint density at radius 1 is 1.24 bits per heavy atom. The van der Waals surface area contributed by atoms with Gasteiger partial charge in [-0.2, -0.15) is 0 Å². The summed E-state index contributed by atoms with van der Waals surface area (Å²) in [5.74, 6) is -0.153. The highest BCUT2D eigenvalue weighted by atomic mass is 19.1. The number of rotatable bonds is 8. The third kappa shape index (κ3) is 6.68. The van der Waals surface area contributed by atoms with Crippen molar-refractivity contribution in [3.63, 3.8) is 0 Å². The van der Waals surface area contributed by atoms with Crippen LogP contribution in [0.2, 0.25) is 0 Å². The molecular weight excluding hydrogens is 221 g/mol. The largest absolute Gasteiger partial charge is 0.367 e. The summed E-state index contributed by atoms with van der Waals surface area (Å²) in [5.41, 5.74) is 1.04. The molecule has 0 saturated heterocycles. The van der Waals surface area contributed by atoms with Gasteiger partial charge in [-0.1, -0.05) is 30.3 Å². The summed E-state index contributed by atoms with van der Waals surface area (Å²) in [6.07, 6.45) is 1.16. The van der Waals surface area contributed by atoms with Gasteiger partial charge in [0, 0.05) is 6.54 Å². The zero-order valence-electron chi connectivity index (χ0n) is 9.82. The molecule has 0 aromatic heterocycles. The van der Waals surface area contributed by atoms with Crippen LogP contribution in [-0.4, -0.2) is 25.7 Å². The Hall–Kier alpha value is -1.42. The summed E-state index contributed by atoms with van der Waals surface area (Å²) in [6, 6.07) is 9.67. The van der Waals surface area contributed by atoms with E-state index in [1.165, 1.54) is 0 Å². The number of halogens is 1. The number of ether oxygens (including phenoxy) is 1. The molecule has 0 radical (unpaired) electrons. The highest BCUT2D eigenvalue weighted by Crippen LogP contribution is 1.99. The van der Waals surface area contributed by atoms with E-state index in [-0.39, 0.29) is 19.2 Å². The first-order valence-corrected chi connectivity index (χ1v) is 5.77. The van der Waals surface area contributed by atoms with Crippen molar-refractivity contribution in [1.82, 2.24) is 5.32 Å². The van der Waals surface area contributed by atoms with E-state index in [9.17, 15) is 9.18 Å². The molecule has 1 amide bonds. The zero-order valence-corrected chi connectivity index (χ0v) is 9.82. The molecule has 0 atom stereocenters. The number of carbonyl (C=O) groups is 1. The SMILES string of the molecule is O=C(COCc1ccccc1)NCCCCF. The molecule has 1 aromatic carbocycles. The Morgan fingerprint density at radius 3 is 2.71 bits per heavy atom. The minimum Gasteiger partial charge on any atom is -0.367 e. The van der Waals surface area contributed by atoms with Crippen molar-refractivity contribution in [2.24, 2.45) is 0 Å². The van der Waals surface area contributed by atoms with Gasteiger partial charge in [0.05, 0.1) is 13.3 Å². The Morgan fingerprint density at radius 2 is 2.00 bits per heavy atom. The first kappa shape index (κ1) is 13.6. The fourth-order valence-corrected chi connectivity index (χ4v) is 1.33. The molecule has 4 heteroatoms. The molecule has 0 aliphatic rings. The number of unbranched alkanes of at least 4 members (excludes halogenated alkanes) is 1. The lowest BCUT2D eigenvalue weighted by atomic mass is 10.2. The molecule has 1 N–H and O–H groups in total. The van der Waals surface area contributed by atoms with Crippen LogP contribution >= 0.6 is 0 Å². The molecule has 0 saturated carbocycles. The minimum absolute atomic E-state index is 0.0462. The van der Waals surface area contributed by atoms with Crippen molar-refractivity contribution in [3.05, 3.63) is 35.9 Å². The van der Waals surface area contributed by atoms with Gasteiger partial charge in [0.25, 0.3) is 0 Å². The summed E-state index contributed by atoms with van der Waals surface area (Å²) in [7, 11) is 0. The summed E-state index contributed by atoms with van der Waals surface area (Å²) in [5, 5.41) is 2.67. The summed E-state index contributed by atoms with van der Waals surface area (Å²) in [4.78, 5) is 11.3. The Labute approximate surface area is 101 Å². The van der Waals surface area contributed by atoms with Crippen molar-refractivity contribution in [1.29, 1.82) is 0 Å². The normalized spacial score (nSPS) is 10.2. The van der Waals surface area contributed by atoms with Crippen LogP contribution in [0.25, 0.3) is 0 Å². The number of nitrogens with one attached hydrogen (secondary N) is 1. The van der Waals surface area contributed by atoms with Gasteiger partial charge in [-0.15, -0.1) is 0 Å². The minimum atomic E-state index is -0.333. The van der Waals surface area contributed by atoms with E-state index < -0.39 is 0 Å². The highest BCUT2D eigenvalue weighted by Gasteiger charge is 2.00. The fraction of sp³-hybridized carbons (Fsp3) is 0.462. The second-order valence-electron chi connectivity index (χ2n) is 3.72. The van der Waals surface area contributed by atoms with E-state index in [1.807, 2.05) is 30.3 Å². The van der Waals surface area contributed by atoms with Crippen LogP contribution in [0, 0.1) is 0 Å². The Balaban J connectivity index is 2.04. The summed E-state index contributed by atoms with van der Waals surface area (Å²) >= 11 is 0. The van der Waals surface area contributed by atoms with Gasteiger partial charge >= 0.3 is 0 Å². The first-order chi connectivity index (χ1) is 8.33. The number of amides is 1. The molecule has 0 unspecified atom stereocenters. The smallest absolute Gasteiger partial charge is 0.246 e. The van der Waals surface area contributed by atoms with E-state index in [0.717, 1.165) is 5.56 Å². The number of hydrogen-bond donors (Lipinski definition) is 1. The van der Waals surface area contributed by atoms with E-state index in [2.05, 4.69) is 5.32 Å². The fourth-order valence-electron chi connectivity index (χ4n) is 1.33. The second-order valence-corrected chi connectivity index (χ2v) is 3.72. The van der Waals surface area contributed by atoms with Crippen LogP contribution < -0.4 is 5.32 Å². The van der Waals surface area contributed by atoms with Gasteiger partial charge < -0.3 is 10.1 Å². The molecule has 0 aliphatic heterocycles. The predicted octanol–water partition coefficient (Wildman–Crippen LogP) is 2.07. The van der Waals surface area contributed by atoms with Crippen LogP contribution in [0.15, 0.2) is 30.3 Å². The molecule has 1 rings (SSSR count). The molecule has 3 nitrogen and oxygen atoms in total. The van der Waals surface area contributed by atoms with Gasteiger partial charge in [-0.05, 0) is 18.4 Å². The molecule has 17 heavy (non-hydrogen) atoms. The summed E-state index contributed by atoms with van der Waals surface area (Å²) < 4.78 is 17.0. The zero-order chi connectivity index (χ0) is 12.3. The van der Waals surface area contributed by atoms with Crippen molar-refractivity contribution in [3.8, 4) is 0 Å². The molecule has 94 valence electrons. The van der Waals surface area contributed by atoms with Crippen LogP contribution in [0.1, 0.15) is 18.4 Å². The topological polar surface area (TPSA) is 38.3 Å². The van der Waals surface area contributed by atoms with Gasteiger partial charge in [-0.25, -0.2) is 0 Å². The van der Waals surface area contributed by atoms with Crippen molar-refractivity contribution in [2.45, 2.75) is 19.4 Å². The maximum absolute atomic E-state index is 11.8. The van der Waals surface area contributed by atoms with Crippen LogP contribution in [0.5, 0.6) is 0 Å². The molecule has 0 aliphatic carbocycles. The molecule has 0 bridgehead atoms. The van der Waals surface area contributed by atoms with Gasteiger partial charge in [0.1, 0.15) is 6.61 Å². The average molecular weight is 239 g/mol. The van der Waals surface area contributed by atoms with Gasteiger partial charge in [0.15, 0.2) is 0 Å². The monoisotopic (exact) mass is 239 g/mol. The lowest BCUT2D eigenvalue weighted by molar-refractivity contribution is -0.126. The van der Waals surface area contributed by atoms with E-state index in [1.54, 1.807) is 0 Å². The Kier molecular flexibility index (Phi) is 6.98. The first-order valence-electron chi connectivity index (χ1n) is 5.77. The molecule has 0 heterocycles. The van der Waals surface area contributed by atoms with Crippen LogP contribution in [0.4, 0.5) is 4.39 Å². The number of benzene rings is 1. The number of alkyl halides is 1. The lowest BCUT2D eigenvalue weighted by Crippen LogP contribution is -2.28. The van der Waals surface area contributed by atoms with E-state index >= 15 is 0 Å². The van der Waals surface area contributed by atoms with Crippen molar-refractivity contribution < 1.29 is 13.9 Å². The third-order valence-electron chi connectivity index (χ3n) is 2.23. The predicted molar refractivity (Wildman–Crippen MR) is 64.3 cm³/mol. The maximum Gasteiger partial charge on any atom is 0.246 e.